The van der Waals surface area contributed by atoms with E-state index in [0.29, 0.717) is 53.5 Å². The molecule has 1 aliphatic heterocycles. The summed E-state index contributed by atoms with van der Waals surface area (Å²) in [6.07, 6.45) is 0. The number of anilines is 1. The molecule has 2 aromatic rings. The van der Waals surface area contributed by atoms with Gasteiger partial charge in [-0.2, -0.15) is 0 Å². The zero-order chi connectivity index (χ0) is 18.8. The second-order valence-corrected chi connectivity index (χ2v) is 7.43. The third-order valence-electron chi connectivity index (χ3n) is 4.44. The molecule has 4 nitrogen and oxygen atoms in total. The monoisotopic (exact) mass is 443 g/mol. The second-order valence-electron chi connectivity index (χ2n) is 6.11. The number of carbonyl (C=O) groups is 1. The maximum Gasteiger partial charge on any atom is 0.253 e. The van der Waals surface area contributed by atoms with Crippen molar-refractivity contribution in [3.05, 3.63) is 62.6 Å². The van der Waals surface area contributed by atoms with Gasteiger partial charge in [-0.3, -0.25) is 9.69 Å². The van der Waals surface area contributed by atoms with Crippen LogP contribution in [0, 0.1) is 11.6 Å². The molecule has 1 saturated heterocycles. The van der Waals surface area contributed by atoms with E-state index in [2.05, 4.69) is 20.8 Å². The van der Waals surface area contributed by atoms with E-state index in [1.54, 1.807) is 18.2 Å². The summed E-state index contributed by atoms with van der Waals surface area (Å²) in [5.74, 6) is -1.78. The minimum atomic E-state index is -0.800. The highest BCUT2D eigenvalue weighted by Gasteiger charge is 2.24. The summed E-state index contributed by atoms with van der Waals surface area (Å²) < 4.78 is 28.6. The Kier molecular flexibility index (Phi) is 5.79. The lowest BCUT2D eigenvalue weighted by Gasteiger charge is -2.37. The highest BCUT2D eigenvalue weighted by molar-refractivity contribution is 9.10. The highest BCUT2D eigenvalue weighted by atomic mass is 79.9. The number of rotatable bonds is 4. The van der Waals surface area contributed by atoms with Gasteiger partial charge in [-0.25, -0.2) is 8.78 Å². The minimum absolute atomic E-state index is 0.112. The normalized spacial score (nSPS) is 15.3. The fraction of sp³-hybridized carbons (Fsp3) is 0.278. The number of benzene rings is 2. The van der Waals surface area contributed by atoms with E-state index in [1.165, 1.54) is 12.1 Å². The molecule has 0 bridgehead atoms. The van der Waals surface area contributed by atoms with E-state index in [4.69, 9.17) is 17.3 Å². The van der Waals surface area contributed by atoms with Gasteiger partial charge in [-0.15, -0.1) is 0 Å². The van der Waals surface area contributed by atoms with Crippen LogP contribution in [0.4, 0.5) is 14.5 Å². The molecule has 1 fully saturated rings. The molecular weight excluding hydrogens is 428 g/mol. The van der Waals surface area contributed by atoms with Crippen molar-refractivity contribution < 1.29 is 13.6 Å². The first kappa shape index (κ1) is 19.1. The molecule has 8 heteroatoms. The third kappa shape index (κ3) is 4.00. The number of amides is 1. The Bertz CT molecular complexity index is 821. The van der Waals surface area contributed by atoms with E-state index in [9.17, 15) is 13.6 Å². The van der Waals surface area contributed by atoms with Gasteiger partial charge in [0.15, 0.2) is 0 Å². The van der Waals surface area contributed by atoms with Crippen molar-refractivity contribution in [2.75, 3.05) is 31.1 Å². The Morgan fingerprint density at radius 2 is 1.85 bits per heavy atom. The zero-order valence-corrected chi connectivity index (χ0v) is 16.2. The topological polar surface area (TPSA) is 49.6 Å². The smallest absolute Gasteiger partial charge is 0.253 e. The SMILES string of the molecule is NC(=O)c1c(F)cc(Br)cc1N1CCN(Cc2c(F)cccc2Cl)CC1. The van der Waals surface area contributed by atoms with Crippen LogP contribution in [-0.4, -0.2) is 37.0 Å². The number of halogens is 4. The van der Waals surface area contributed by atoms with Crippen LogP contribution in [0.5, 0.6) is 0 Å². The maximum atomic E-state index is 14.1. The number of carbonyl (C=O) groups excluding carboxylic acids is 1. The number of nitrogens with two attached hydrogens (primary N) is 1. The van der Waals surface area contributed by atoms with Crippen LogP contribution in [0.1, 0.15) is 15.9 Å². The van der Waals surface area contributed by atoms with Crippen LogP contribution in [-0.2, 0) is 6.54 Å². The van der Waals surface area contributed by atoms with Crippen molar-refractivity contribution in [1.82, 2.24) is 4.90 Å². The molecule has 0 spiro atoms. The molecule has 2 N–H and O–H groups in total. The summed E-state index contributed by atoms with van der Waals surface area (Å²) in [5.41, 5.74) is 6.17. The van der Waals surface area contributed by atoms with Crippen molar-refractivity contribution in [2.45, 2.75) is 6.54 Å². The quantitative estimate of drug-likeness (QED) is 0.780. The highest BCUT2D eigenvalue weighted by Crippen LogP contribution is 2.29. The Balaban J connectivity index is 1.74. The van der Waals surface area contributed by atoms with Gasteiger partial charge in [0.2, 0.25) is 0 Å². The van der Waals surface area contributed by atoms with Crippen molar-refractivity contribution in [1.29, 1.82) is 0 Å². The van der Waals surface area contributed by atoms with Gasteiger partial charge < -0.3 is 10.6 Å². The standard InChI is InChI=1S/C18H17BrClF2N3O/c19-11-8-15(22)17(18(23)26)16(9-11)25-6-4-24(5-7-25)10-12-13(20)2-1-3-14(12)21/h1-3,8-9H,4-7,10H2,(H2,23,26). The van der Waals surface area contributed by atoms with Crippen molar-refractivity contribution >= 4 is 39.1 Å². The number of primary amides is 1. The van der Waals surface area contributed by atoms with E-state index >= 15 is 0 Å². The first-order valence-electron chi connectivity index (χ1n) is 8.06. The Morgan fingerprint density at radius 3 is 2.46 bits per heavy atom. The molecule has 3 rings (SSSR count). The summed E-state index contributed by atoms with van der Waals surface area (Å²) in [4.78, 5) is 15.6. The molecule has 0 radical (unpaired) electrons. The number of nitrogens with zero attached hydrogens (tertiary/aromatic N) is 2. The lowest BCUT2D eigenvalue weighted by Crippen LogP contribution is -2.46. The fourth-order valence-electron chi connectivity index (χ4n) is 3.11. The van der Waals surface area contributed by atoms with Crippen molar-refractivity contribution in [3.8, 4) is 0 Å². The lowest BCUT2D eigenvalue weighted by molar-refractivity contribution is 0.0996. The minimum Gasteiger partial charge on any atom is -0.368 e. The van der Waals surface area contributed by atoms with Gasteiger partial charge in [0.1, 0.15) is 11.6 Å². The number of hydrogen-bond acceptors (Lipinski definition) is 3. The Hall–Kier alpha value is -1.70. The largest absolute Gasteiger partial charge is 0.368 e. The van der Waals surface area contributed by atoms with Gasteiger partial charge in [0, 0.05) is 47.8 Å². The first-order valence-corrected chi connectivity index (χ1v) is 9.23. The summed E-state index contributed by atoms with van der Waals surface area (Å²) in [5, 5.41) is 0.400. The first-order chi connectivity index (χ1) is 12.4. The molecule has 0 unspecified atom stereocenters. The van der Waals surface area contributed by atoms with E-state index in [-0.39, 0.29) is 11.4 Å². The molecule has 0 aliphatic carbocycles. The zero-order valence-electron chi connectivity index (χ0n) is 13.8. The molecule has 26 heavy (non-hydrogen) atoms. The van der Waals surface area contributed by atoms with E-state index in [0.717, 1.165) is 0 Å². The van der Waals surface area contributed by atoms with Crippen LogP contribution in [0.3, 0.4) is 0 Å². The summed E-state index contributed by atoms with van der Waals surface area (Å²) in [6.45, 7) is 2.76. The predicted molar refractivity (Wildman–Crippen MR) is 102 cm³/mol. The summed E-state index contributed by atoms with van der Waals surface area (Å²) in [7, 11) is 0. The van der Waals surface area contributed by atoms with Gasteiger partial charge in [-0.05, 0) is 24.3 Å². The van der Waals surface area contributed by atoms with Gasteiger partial charge in [0.05, 0.1) is 11.3 Å². The molecule has 2 aromatic carbocycles. The molecule has 0 aromatic heterocycles. The third-order valence-corrected chi connectivity index (χ3v) is 5.25. The number of hydrogen-bond donors (Lipinski definition) is 1. The molecule has 1 aliphatic rings. The van der Waals surface area contributed by atoms with Crippen LogP contribution < -0.4 is 10.6 Å². The molecule has 138 valence electrons. The average Bonchev–Trinajstić information content (AvgIpc) is 2.58. The molecule has 0 atom stereocenters. The Labute approximate surface area is 163 Å². The fourth-order valence-corrected chi connectivity index (χ4v) is 3.75. The predicted octanol–water partition coefficient (Wildman–Crippen LogP) is 3.80. The van der Waals surface area contributed by atoms with Crippen LogP contribution >= 0.6 is 27.5 Å². The second kappa shape index (κ2) is 7.90. The number of piperazine rings is 1. The van der Waals surface area contributed by atoms with Crippen LogP contribution in [0.15, 0.2) is 34.8 Å². The Morgan fingerprint density at radius 1 is 1.15 bits per heavy atom. The molecule has 0 saturated carbocycles. The molecule has 1 heterocycles. The van der Waals surface area contributed by atoms with Gasteiger partial charge >= 0.3 is 0 Å². The van der Waals surface area contributed by atoms with Gasteiger partial charge in [-0.1, -0.05) is 33.6 Å². The van der Waals surface area contributed by atoms with Crippen LogP contribution in [0.25, 0.3) is 0 Å². The average molecular weight is 445 g/mol. The molecular formula is C18H17BrClF2N3O. The summed E-state index contributed by atoms with van der Waals surface area (Å²) >= 11 is 9.34. The van der Waals surface area contributed by atoms with Crippen molar-refractivity contribution in [2.24, 2.45) is 5.73 Å². The maximum absolute atomic E-state index is 14.1. The lowest BCUT2D eigenvalue weighted by atomic mass is 10.1. The van der Waals surface area contributed by atoms with E-state index in [1.807, 2.05) is 4.90 Å². The summed E-state index contributed by atoms with van der Waals surface area (Å²) in [6, 6.07) is 7.54. The van der Waals surface area contributed by atoms with Crippen molar-refractivity contribution in [3.63, 3.8) is 0 Å². The molecule has 1 amide bonds. The van der Waals surface area contributed by atoms with E-state index < -0.39 is 11.7 Å². The van der Waals surface area contributed by atoms with Gasteiger partial charge in [0.25, 0.3) is 5.91 Å². The van der Waals surface area contributed by atoms with Crippen LogP contribution in [0.2, 0.25) is 5.02 Å².